The summed E-state index contributed by atoms with van der Waals surface area (Å²) in [4.78, 5) is 20.3. The van der Waals surface area contributed by atoms with Gasteiger partial charge in [-0.25, -0.2) is 4.99 Å². The second kappa shape index (κ2) is 10.2. The third-order valence-corrected chi connectivity index (χ3v) is 6.30. The molecule has 0 N–H and O–H groups in total. The number of amides is 1. The van der Waals surface area contributed by atoms with Crippen LogP contribution in [0.4, 0.5) is 5.69 Å². The summed E-state index contributed by atoms with van der Waals surface area (Å²) in [5, 5.41) is 0.704. The fourth-order valence-corrected chi connectivity index (χ4v) is 4.51. The summed E-state index contributed by atoms with van der Waals surface area (Å²) in [7, 11) is 3.21. The average molecular weight is 489 g/mol. The van der Waals surface area contributed by atoms with Gasteiger partial charge in [0.25, 0.3) is 5.91 Å². The minimum absolute atomic E-state index is 0.0340. The van der Waals surface area contributed by atoms with Gasteiger partial charge in [-0.2, -0.15) is 0 Å². The van der Waals surface area contributed by atoms with Gasteiger partial charge in [0.15, 0.2) is 5.17 Å². The van der Waals surface area contributed by atoms with Gasteiger partial charge >= 0.3 is 0 Å². The van der Waals surface area contributed by atoms with Crippen LogP contribution in [0.2, 0.25) is 0 Å². The number of halogens is 1. The molecule has 158 valence electrons. The maximum absolute atomic E-state index is 13.2. The fourth-order valence-electron chi connectivity index (χ4n) is 2.97. The van der Waals surface area contributed by atoms with E-state index in [4.69, 9.17) is 14.5 Å². The van der Waals surface area contributed by atoms with Crippen molar-refractivity contribution in [1.82, 2.24) is 4.90 Å². The number of rotatable bonds is 7. The number of benzene rings is 2. The van der Waals surface area contributed by atoms with Crippen LogP contribution in [0.1, 0.15) is 30.9 Å². The van der Waals surface area contributed by atoms with Crippen molar-refractivity contribution in [2.24, 2.45) is 4.99 Å². The molecule has 3 rings (SSSR count). The van der Waals surface area contributed by atoms with Gasteiger partial charge in [-0.05, 0) is 65.3 Å². The third-order valence-electron chi connectivity index (χ3n) is 4.67. The molecule has 1 aliphatic rings. The summed E-state index contributed by atoms with van der Waals surface area (Å²) in [5.74, 6) is 1.28. The smallest absolute Gasteiger partial charge is 0.266 e. The van der Waals surface area contributed by atoms with Crippen molar-refractivity contribution in [3.05, 3.63) is 56.9 Å². The molecule has 0 aliphatic carbocycles. The summed E-state index contributed by atoms with van der Waals surface area (Å²) < 4.78 is 11.6. The molecule has 1 amide bonds. The Hall–Kier alpha value is -2.25. The molecule has 1 fully saturated rings. The topological polar surface area (TPSA) is 51.1 Å². The first-order chi connectivity index (χ1) is 14.5. The van der Waals surface area contributed by atoms with E-state index in [-0.39, 0.29) is 5.91 Å². The number of hydrogen-bond acceptors (Lipinski definition) is 5. The van der Waals surface area contributed by atoms with E-state index in [1.165, 1.54) is 17.3 Å². The van der Waals surface area contributed by atoms with E-state index in [0.29, 0.717) is 28.1 Å². The molecular formula is C23H25BrN2O3S. The lowest BCUT2D eigenvalue weighted by atomic mass is 10.1. The molecule has 0 saturated carbocycles. The lowest BCUT2D eigenvalue weighted by Crippen LogP contribution is -2.30. The number of aliphatic imine (C=N–C) groups is 1. The van der Waals surface area contributed by atoms with Crippen molar-refractivity contribution in [2.45, 2.75) is 26.7 Å². The molecule has 2 aromatic rings. The van der Waals surface area contributed by atoms with Crippen molar-refractivity contribution in [2.75, 3.05) is 20.8 Å². The molecule has 5 nitrogen and oxygen atoms in total. The van der Waals surface area contributed by atoms with Crippen LogP contribution >= 0.6 is 27.7 Å². The molecule has 0 aromatic heterocycles. The Balaban J connectivity index is 1.99. The number of thioether (sulfide) groups is 1. The molecule has 30 heavy (non-hydrogen) atoms. The number of methoxy groups -OCH3 is 2. The van der Waals surface area contributed by atoms with Gasteiger partial charge < -0.3 is 9.47 Å². The van der Waals surface area contributed by atoms with Gasteiger partial charge in [0.1, 0.15) is 11.5 Å². The Bertz CT molecular complexity index is 987. The quantitative estimate of drug-likeness (QED) is 0.436. The maximum Gasteiger partial charge on any atom is 0.266 e. The Morgan fingerprint density at radius 3 is 2.47 bits per heavy atom. The van der Waals surface area contributed by atoms with Gasteiger partial charge in [0.2, 0.25) is 0 Å². The predicted molar refractivity (Wildman–Crippen MR) is 128 cm³/mol. The molecule has 0 atom stereocenters. The van der Waals surface area contributed by atoms with Crippen LogP contribution in [-0.4, -0.2) is 36.7 Å². The van der Waals surface area contributed by atoms with Crippen LogP contribution in [0.5, 0.6) is 11.5 Å². The van der Waals surface area contributed by atoms with E-state index >= 15 is 0 Å². The van der Waals surface area contributed by atoms with E-state index < -0.39 is 0 Å². The fraction of sp³-hybridized carbons (Fsp3) is 0.304. The van der Waals surface area contributed by atoms with Gasteiger partial charge in [-0.1, -0.05) is 31.0 Å². The maximum atomic E-state index is 13.2. The third kappa shape index (κ3) is 5.08. The number of carbonyl (C=O) groups is 1. The lowest BCUT2D eigenvalue weighted by molar-refractivity contribution is -0.122. The zero-order valence-electron chi connectivity index (χ0n) is 17.6. The highest BCUT2D eigenvalue weighted by Crippen LogP contribution is 2.38. The number of nitrogens with zero attached hydrogens (tertiary/aromatic N) is 2. The van der Waals surface area contributed by atoms with Crippen LogP contribution in [0, 0.1) is 6.92 Å². The lowest BCUT2D eigenvalue weighted by Gasteiger charge is -2.14. The van der Waals surface area contributed by atoms with Crippen molar-refractivity contribution in [1.29, 1.82) is 0 Å². The average Bonchev–Trinajstić information content (AvgIpc) is 3.02. The number of aryl methyl sites for hydroxylation is 1. The number of ether oxygens (including phenoxy) is 2. The van der Waals surface area contributed by atoms with Crippen molar-refractivity contribution in [3.8, 4) is 11.5 Å². The van der Waals surface area contributed by atoms with E-state index in [1.807, 2.05) is 43.3 Å². The molecule has 0 spiro atoms. The first-order valence-corrected chi connectivity index (χ1v) is 11.4. The Kier molecular flexibility index (Phi) is 7.61. The number of carbonyl (C=O) groups excluding carboxylic acids is 1. The Morgan fingerprint density at radius 2 is 1.83 bits per heavy atom. The largest absolute Gasteiger partial charge is 0.496 e. The highest BCUT2D eigenvalue weighted by atomic mass is 79.9. The van der Waals surface area contributed by atoms with Crippen LogP contribution < -0.4 is 9.47 Å². The van der Waals surface area contributed by atoms with E-state index in [2.05, 4.69) is 22.9 Å². The van der Waals surface area contributed by atoms with Crippen LogP contribution in [0.15, 0.2) is 50.8 Å². The van der Waals surface area contributed by atoms with Crippen molar-refractivity contribution < 1.29 is 14.3 Å². The number of unbranched alkanes of at least 4 members (excludes halogenated alkanes) is 1. The molecule has 0 radical (unpaired) electrons. The molecule has 1 saturated heterocycles. The van der Waals surface area contributed by atoms with Crippen LogP contribution in [0.25, 0.3) is 6.08 Å². The number of hydrogen-bond donors (Lipinski definition) is 0. The first-order valence-electron chi connectivity index (χ1n) is 9.75. The molecule has 2 aromatic carbocycles. The summed E-state index contributed by atoms with van der Waals surface area (Å²) >= 11 is 4.90. The summed E-state index contributed by atoms with van der Waals surface area (Å²) in [6.07, 6.45) is 3.78. The predicted octanol–water partition coefficient (Wildman–Crippen LogP) is 6.18. The monoisotopic (exact) mass is 488 g/mol. The van der Waals surface area contributed by atoms with Gasteiger partial charge in [0, 0.05) is 18.2 Å². The van der Waals surface area contributed by atoms with E-state index in [1.54, 1.807) is 25.2 Å². The molecule has 7 heteroatoms. The summed E-state index contributed by atoms with van der Waals surface area (Å²) in [6.45, 7) is 4.80. The second-order valence-corrected chi connectivity index (χ2v) is 8.74. The van der Waals surface area contributed by atoms with Crippen LogP contribution in [-0.2, 0) is 4.79 Å². The molecular weight excluding hydrogens is 464 g/mol. The van der Waals surface area contributed by atoms with Gasteiger partial charge in [-0.15, -0.1) is 0 Å². The minimum Gasteiger partial charge on any atom is -0.496 e. The van der Waals surface area contributed by atoms with E-state index in [9.17, 15) is 4.79 Å². The highest BCUT2D eigenvalue weighted by molar-refractivity contribution is 9.10. The SMILES string of the molecule is CCCCN1C(=O)/C(=C\c2cc(Br)c(OC)cc2OC)SC1=Nc1ccc(C)cc1. The minimum atomic E-state index is -0.0340. The zero-order valence-corrected chi connectivity index (χ0v) is 20.0. The van der Waals surface area contributed by atoms with E-state index in [0.717, 1.165) is 28.6 Å². The number of amidine groups is 1. The molecule has 1 aliphatic heterocycles. The Labute approximate surface area is 190 Å². The molecule has 0 unspecified atom stereocenters. The highest BCUT2D eigenvalue weighted by Gasteiger charge is 2.33. The first kappa shape index (κ1) is 22.4. The van der Waals surface area contributed by atoms with Gasteiger partial charge in [0.05, 0.1) is 29.3 Å². The molecule has 0 bridgehead atoms. The Morgan fingerprint density at radius 1 is 1.13 bits per heavy atom. The standard InChI is InChI=1S/C23H25BrN2O3S/c1-5-6-11-26-22(27)21(30-23(26)25-17-9-7-15(2)8-10-17)13-16-12-18(24)20(29-4)14-19(16)28-3/h7-10,12-14H,5-6,11H2,1-4H3/b21-13+,25-23?. The second-order valence-electron chi connectivity index (χ2n) is 6.88. The summed E-state index contributed by atoms with van der Waals surface area (Å²) in [6, 6.07) is 11.7. The normalized spacial score (nSPS) is 16.6. The summed E-state index contributed by atoms with van der Waals surface area (Å²) in [5.41, 5.74) is 2.81. The van der Waals surface area contributed by atoms with Gasteiger partial charge in [-0.3, -0.25) is 9.69 Å². The molecule has 1 heterocycles. The van der Waals surface area contributed by atoms with Crippen molar-refractivity contribution >= 4 is 50.5 Å². The van der Waals surface area contributed by atoms with Crippen molar-refractivity contribution in [3.63, 3.8) is 0 Å². The van der Waals surface area contributed by atoms with Crippen LogP contribution in [0.3, 0.4) is 0 Å². The zero-order chi connectivity index (χ0) is 21.7.